The molecule has 0 radical (unpaired) electrons. The highest BCUT2D eigenvalue weighted by Gasteiger charge is 2.08. The summed E-state index contributed by atoms with van der Waals surface area (Å²) in [4.78, 5) is 6.06. The van der Waals surface area contributed by atoms with E-state index in [4.69, 9.17) is 0 Å². The number of sulfone groups is 1. The lowest BCUT2D eigenvalue weighted by molar-refractivity contribution is 0.601. The number of hydrogen-bond acceptors (Lipinski definition) is 4. The van der Waals surface area contributed by atoms with Crippen LogP contribution in [0.4, 0.5) is 5.82 Å². The van der Waals surface area contributed by atoms with E-state index >= 15 is 0 Å². The number of halogens is 1. The van der Waals surface area contributed by atoms with Gasteiger partial charge in [0.2, 0.25) is 0 Å². The van der Waals surface area contributed by atoms with E-state index in [0.717, 1.165) is 15.9 Å². The largest absolute Gasteiger partial charge is 0.359 e. The van der Waals surface area contributed by atoms with Crippen LogP contribution in [0.5, 0.6) is 0 Å². The van der Waals surface area contributed by atoms with Crippen molar-refractivity contribution < 1.29 is 8.42 Å². The third-order valence-corrected chi connectivity index (χ3v) is 3.98. The molecule has 0 fully saturated rings. The molecule has 4 nitrogen and oxygen atoms in total. The third-order valence-electron chi connectivity index (χ3n) is 2.22. The number of anilines is 1. The Labute approximate surface area is 105 Å². The van der Waals surface area contributed by atoms with Gasteiger partial charge in [-0.25, -0.2) is 13.4 Å². The minimum atomic E-state index is -2.92. The summed E-state index contributed by atoms with van der Waals surface area (Å²) in [6.45, 7) is 2.42. The first-order valence-corrected chi connectivity index (χ1v) is 7.66. The molecule has 6 heteroatoms. The predicted molar refractivity (Wildman–Crippen MR) is 69.7 cm³/mol. The molecule has 0 aliphatic carbocycles. The monoisotopic (exact) mass is 306 g/mol. The lowest BCUT2D eigenvalue weighted by Crippen LogP contribution is -2.25. The zero-order valence-corrected chi connectivity index (χ0v) is 12.0. The number of hydrogen-bond donors (Lipinski definition) is 0. The molecule has 0 saturated carbocycles. The van der Waals surface area contributed by atoms with Crippen molar-refractivity contribution in [3.05, 3.63) is 22.3 Å². The normalized spacial score (nSPS) is 11.5. The van der Waals surface area contributed by atoms with Crippen molar-refractivity contribution in [3.8, 4) is 0 Å². The molecule has 0 amide bonds. The molecular formula is C10H15BrN2O2S. The van der Waals surface area contributed by atoms with Gasteiger partial charge in [-0.2, -0.15) is 0 Å². The van der Waals surface area contributed by atoms with Crippen LogP contribution in [0.25, 0.3) is 0 Å². The molecule has 1 rings (SSSR count). The Kier molecular flexibility index (Phi) is 4.32. The molecule has 1 aromatic rings. The number of nitrogens with zero attached hydrogens (tertiary/aromatic N) is 2. The fourth-order valence-corrected chi connectivity index (χ4v) is 1.97. The van der Waals surface area contributed by atoms with Crippen molar-refractivity contribution in [2.24, 2.45) is 0 Å². The third kappa shape index (κ3) is 4.09. The van der Waals surface area contributed by atoms with Crippen LogP contribution in [-0.2, 0) is 9.84 Å². The van der Waals surface area contributed by atoms with Gasteiger partial charge >= 0.3 is 0 Å². The van der Waals surface area contributed by atoms with Crippen LogP contribution in [0.2, 0.25) is 0 Å². The van der Waals surface area contributed by atoms with Gasteiger partial charge in [-0.3, -0.25) is 0 Å². The number of aryl methyl sites for hydroxylation is 1. The fourth-order valence-electron chi connectivity index (χ4n) is 1.15. The van der Waals surface area contributed by atoms with Crippen LogP contribution in [0.3, 0.4) is 0 Å². The highest BCUT2D eigenvalue weighted by molar-refractivity contribution is 9.10. The van der Waals surface area contributed by atoms with Gasteiger partial charge in [0, 0.05) is 30.5 Å². The van der Waals surface area contributed by atoms with Gasteiger partial charge in [0.1, 0.15) is 15.7 Å². The van der Waals surface area contributed by atoms with E-state index in [9.17, 15) is 8.42 Å². The van der Waals surface area contributed by atoms with E-state index in [1.54, 1.807) is 6.20 Å². The van der Waals surface area contributed by atoms with E-state index in [-0.39, 0.29) is 5.75 Å². The standard InChI is InChI=1S/C10H15BrN2O2S/c1-8-6-10(12-7-9(8)11)13(2)4-5-16(3,14)15/h6-7H,4-5H2,1-3H3. The van der Waals surface area contributed by atoms with Gasteiger partial charge < -0.3 is 4.90 Å². The lowest BCUT2D eigenvalue weighted by atomic mass is 10.3. The van der Waals surface area contributed by atoms with Gasteiger partial charge in [0.05, 0.1) is 5.75 Å². The Hall–Kier alpha value is -0.620. The molecule has 1 heterocycles. The van der Waals surface area contributed by atoms with Crippen molar-refractivity contribution in [2.75, 3.05) is 30.5 Å². The van der Waals surface area contributed by atoms with Crippen LogP contribution in [0.1, 0.15) is 5.56 Å². The Bertz CT molecular complexity index is 474. The predicted octanol–water partition coefficient (Wildman–Crippen LogP) is 1.63. The first-order valence-electron chi connectivity index (χ1n) is 4.80. The second kappa shape index (κ2) is 5.14. The SMILES string of the molecule is Cc1cc(N(C)CCS(C)(=O)=O)ncc1Br. The second-order valence-corrected chi connectivity index (χ2v) is 6.96. The Balaban J connectivity index is 2.73. The highest BCUT2D eigenvalue weighted by Crippen LogP contribution is 2.19. The minimum Gasteiger partial charge on any atom is -0.359 e. The van der Waals surface area contributed by atoms with Crippen LogP contribution < -0.4 is 4.90 Å². The summed E-state index contributed by atoms with van der Waals surface area (Å²) < 4.78 is 23.0. The van der Waals surface area contributed by atoms with E-state index in [2.05, 4.69) is 20.9 Å². The summed E-state index contributed by atoms with van der Waals surface area (Å²) in [5, 5.41) is 0. The molecule has 0 atom stereocenters. The maximum absolute atomic E-state index is 11.0. The van der Waals surface area contributed by atoms with Gasteiger partial charge in [-0.05, 0) is 34.5 Å². The molecular weight excluding hydrogens is 292 g/mol. The van der Waals surface area contributed by atoms with Gasteiger partial charge in [-0.1, -0.05) is 0 Å². The number of aromatic nitrogens is 1. The summed E-state index contributed by atoms with van der Waals surface area (Å²) in [7, 11) is -1.09. The highest BCUT2D eigenvalue weighted by atomic mass is 79.9. The fraction of sp³-hybridized carbons (Fsp3) is 0.500. The van der Waals surface area contributed by atoms with E-state index in [1.807, 2.05) is 24.9 Å². The summed E-state index contributed by atoms with van der Waals surface area (Å²) >= 11 is 3.37. The Morgan fingerprint density at radius 2 is 2.12 bits per heavy atom. The van der Waals surface area contributed by atoms with Gasteiger partial charge in [0.25, 0.3) is 0 Å². The van der Waals surface area contributed by atoms with E-state index in [0.29, 0.717) is 6.54 Å². The Morgan fingerprint density at radius 3 is 2.62 bits per heavy atom. The molecule has 1 aromatic heterocycles. The molecule has 0 aliphatic rings. The average molecular weight is 307 g/mol. The van der Waals surface area contributed by atoms with Gasteiger partial charge in [-0.15, -0.1) is 0 Å². The minimum absolute atomic E-state index is 0.139. The molecule has 0 spiro atoms. The van der Waals surface area contributed by atoms with Crippen LogP contribution in [0.15, 0.2) is 16.7 Å². The molecule has 0 bridgehead atoms. The average Bonchev–Trinajstić information content (AvgIpc) is 2.17. The summed E-state index contributed by atoms with van der Waals surface area (Å²) in [6, 6.07) is 1.92. The van der Waals surface area contributed by atoms with Crippen molar-refractivity contribution in [3.63, 3.8) is 0 Å². The zero-order chi connectivity index (χ0) is 12.3. The topological polar surface area (TPSA) is 50.3 Å². The van der Waals surface area contributed by atoms with Crippen LogP contribution >= 0.6 is 15.9 Å². The summed E-state index contributed by atoms with van der Waals surface area (Å²) in [5.74, 6) is 0.921. The van der Waals surface area contributed by atoms with Crippen molar-refractivity contribution in [1.29, 1.82) is 0 Å². The first-order chi connectivity index (χ1) is 7.29. The molecule has 16 heavy (non-hydrogen) atoms. The van der Waals surface area contributed by atoms with Crippen molar-refractivity contribution in [1.82, 2.24) is 4.98 Å². The van der Waals surface area contributed by atoms with Crippen molar-refractivity contribution >= 4 is 31.6 Å². The van der Waals surface area contributed by atoms with E-state index in [1.165, 1.54) is 6.26 Å². The molecule has 0 N–H and O–H groups in total. The molecule has 90 valence electrons. The molecule has 0 aliphatic heterocycles. The maximum atomic E-state index is 11.0. The van der Waals surface area contributed by atoms with Crippen LogP contribution in [0, 0.1) is 6.92 Å². The zero-order valence-electron chi connectivity index (χ0n) is 9.57. The maximum Gasteiger partial charge on any atom is 0.149 e. The Morgan fingerprint density at radius 1 is 1.50 bits per heavy atom. The smallest absolute Gasteiger partial charge is 0.149 e. The second-order valence-electron chi connectivity index (χ2n) is 3.84. The van der Waals surface area contributed by atoms with Crippen LogP contribution in [-0.4, -0.2) is 39.0 Å². The quantitative estimate of drug-likeness (QED) is 0.848. The van der Waals surface area contributed by atoms with Gasteiger partial charge in [0.15, 0.2) is 0 Å². The first kappa shape index (κ1) is 13.4. The summed E-state index contributed by atoms with van der Waals surface area (Å²) in [6.07, 6.45) is 2.96. The molecule has 0 aromatic carbocycles. The lowest BCUT2D eigenvalue weighted by Gasteiger charge is -2.18. The number of pyridine rings is 1. The van der Waals surface area contributed by atoms with E-state index < -0.39 is 9.84 Å². The number of rotatable bonds is 4. The molecule has 0 saturated heterocycles. The molecule has 0 unspecified atom stereocenters. The summed E-state index contributed by atoms with van der Waals surface area (Å²) in [5.41, 5.74) is 1.08. The van der Waals surface area contributed by atoms with Crippen molar-refractivity contribution in [2.45, 2.75) is 6.92 Å².